The van der Waals surface area contributed by atoms with Crippen LogP contribution in [0.4, 0.5) is 0 Å². The van der Waals surface area contributed by atoms with Crippen molar-refractivity contribution < 1.29 is 9.59 Å². The topological polar surface area (TPSA) is 40.6 Å². The minimum atomic E-state index is 0.165. The highest BCUT2D eigenvalue weighted by molar-refractivity contribution is 5.94. The molecule has 0 bridgehead atoms. The lowest BCUT2D eigenvalue weighted by Gasteiger charge is -2.43. The van der Waals surface area contributed by atoms with Crippen LogP contribution in [0.1, 0.15) is 66.4 Å². The first-order valence-electron chi connectivity index (χ1n) is 10.6. The van der Waals surface area contributed by atoms with Crippen molar-refractivity contribution in [2.45, 2.75) is 58.8 Å². The quantitative estimate of drug-likeness (QED) is 0.807. The van der Waals surface area contributed by atoms with Gasteiger partial charge in [0.05, 0.1) is 0 Å². The number of rotatable bonds is 4. The standard InChI is InChI=1S/C23H32N2O2/c1-17-6-7-19(14-18(17)2)22(27)25-15-20(23(16-25)10-5-11-23)8-9-21(26)24-12-3-4-13-24/h6-7,14,20H,3-5,8-13,15-16H2,1-2H3. The second-order valence-corrected chi connectivity index (χ2v) is 9.02. The van der Waals surface area contributed by atoms with Crippen molar-refractivity contribution in [1.82, 2.24) is 9.80 Å². The van der Waals surface area contributed by atoms with Gasteiger partial charge in [0, 0.05) is 38.2 Å². The minimum absolute atomic E-state index is 0.165. The first-order chi connectivity index (χ1) is 13.0. The Morgan fingerprint density at radius 3 is 2.41 bits per heavy atom. The molecule has 1 aliphatic carbocycles. The van der Waals surface area contributed by atoms with Crippen LogP contribution < -0.4 is 0 Å². The molecule has 0 aromatic heterocycles. The Kier molecular flexibility index (Phi) is 5.00. The SMILES string of the molecule is Cc1ccc(C(=O)N2CC(CCC(=O)N3CCCC3)C3(CCC3)C2)cc1C. The highest BCUT2D eigenvalue weighted by atomic mass is 16.2. The van der Waals surface area contributed by atoms with Crippen LogP contribution in [0.3, 0.4) is 0 Å². The van der Waals surface area contributed by atoms with E-state index in [1.165, 1.54) is 30.4 Å². The van der Waals surface area contributed by atoms with Gasteiger partial charge in [-0.3, -0.25) is 9.59 Å². The van der Waals surface area contributed by atoms with Crippen LogP contribution in [0.2, 0.25) is 0 Å². The molecule has 4 rings (SSSR count). The molecule has 1 spiro atoms. The number of likely N-dealkylation sites (tertiary alicyclic amines) is 2. The van der Waals surface area contributed by atoms with Gasteiger partial charge in [-0.1, -0.05) is 12.5 Å². The van der Waals surface area contributed by atoms with Gasteiger partial charge in [-0.2, -0.15) is 0 Å². The van der Waals surface area contributed by atoms with Crippen LogP contribution in [0, 0.1) is 25.2 Å². The first-order valence-corrected chi connectivity index (χ1v) is 10.6. The summed E-state index contributed by atoms with van der Waals surface area (Å²) >= 11 is 0. The van der Waals surface area contributed by atoms with Crippen LogP contribution in [-0.2, 0) is 4.79 Å². The van der Waals surface area contributed by atoms with Crippen LogP contribution in [0.5, 0.6) is 0 Å². The fourth-order valence-corrected chi connectivity index (χ4v) is 5.26. The summed E-state index contributed by atoms with van der Waals surface area (Å²) in [5, 5.41) is 0. The van der Waals surface area contributed by atoms with E-state index in [4.69, 9.17) is 0 Å². The second kappa shape index (κ2) is 7.29. The van der Waals surface area contributed by atoms with E-state index >= 15 is 0 Å². The third-order valence-corrected chi connectivity index (χ3v) is 7.37. The van der Waals surface area contributed by atoms with Gasteiger partial charge in [0.25, 0.3) is 5.91 Å². The molecule has 2 amide bonds. The van der Waals surface area contributed by atoms with E-state index in [1.807, 2.05) is 23.1 Å². The third-order valence-electron chi connectivity index (χ3n) is 7.37. The normalized spacial score (nSPS) is 23.7. The average Bonchev–Trinajstić information content (AvgIpc) is 3.29. The number of benzene rings is 1. The Morgan fingerprint density at radius 1 is 1.04 bits per heavy atom. The summed E-state index contributed by atoms with van der Waals surface area (Å²) in [6, 6.07) is 6.03. The zero-order chi connectivity index (χ0) is 19.0. The number of nitrogens with zero attached hydrogens (tertiary/aromatic N) is 2. The summed E-state index contributed by atoms with van der Waals surface area (Å²) in [5.74, 6) is 0.965. The summed E-state index contributed by atoms with van der Waals surface area (Å²) in [5.41, 5.74) is 3.48. The maximum Gasteiger partial charge on any atom is 0.253 e. The van der Waals surface area contributed by atoms with Gasteiger partial charge < -0.3 is 9.80 Å². The average molecular weight is 369 g/mol. The number of amides is 2. The zero-order valence-electron chi connectivity index (χ0n) is 16.8. The van der Waals surface area contributed by atoms with E-state index < -0.39 is 0 Å². The summed E-state index contributed by atoms with van der Waals surface area (Å²) in [6.07, 6.45) is 7.58. The van der Waals surface area contributed by atoms with Gasteiger partial charge in [0.2, 0.25) is 5.91 Å². The number of hydrogen-bond acceptors (Lipinski definition) is 2. The Labute approximate surface area is 162 Å². The monoisotopic (exact) mass is 368 g/mol. The Balaban J connectivity index is 1.41. The molecule has 4 nitrogen and oxygen atoms in total. The lowest BCUT2D eigenvalue weighted by molar-refractivity contribution is -0.130. The van der Waals surface area contributed by atoms with Crippen molar-refractivity contribution in [1.29, 1.82) is 0 Å². The van der Waals surface area contributed by atoms with Crippen LogP contribution in [0.25, 0.3) is 0 Å². The van der Waals surface area contributed by atoms with E-state index in [-0.39, 0.29) is 11.3 Å². The molecule has 3 fully saturated rings. The molecule has 146 valence electrons. The second-order valence-electron chi connectivity index (χ2n) is 9.02. The van der Waals surface area contributed by atoms with Gasteiger partial charge in [0.1, 0.15) is 0 Å². The number of hydrogen-bond donors (Lipinski definition) is 0. The molecule has 2 aliphatic heterocycles. The molecule has 4 heteroatoms. The van der Waals surface area contributed by atoms with E-state index in [9.17, 15) is 9.59 Å². The molecule has 1 atom stereocenters. The predicted octanol–water partition coefficient (Wildman–Crippen LogP) is 3.95. The predicted molar refractivity (Wildman–Crippen MR) is 107 cm³/mol. The van der Waals surface area contributed by atoms with E-state index in [0.29, 0.717) is 18.2 Å². The molecule has 0 radical (unpaired) electrons. The summed E-state index contributed by atoms with van der Waals surface area (Å²) in [6.45, 7) is 7.71. The highest BCUT2D eigenvalue weighted by Gasteiger charge is 2.51. The maximum atomic E-state index is 13.1. The van der Waals surface area contributed by atoms with E-state index in [1.54, 1.807) is 0 Å². The molecule has 1 aromatic rings. The van der Waals surface area contributed by atoms with Crippen molar-refractivity contribution in [3.05, 3.63) is 34.9 Å². The molecule has 3 aliphatic rings. The molecule has 1 unspecified atom stereocenters. The van der Waals surface area contributed by atoms with Crippen molar-refractivity contribution in [2.24, 2.45) is 11.3 Å². The molecular weight excluding hydrogens is 336 g/mol. The minimum Gasteiger partial charge on any atom is -0.343 e. The fourth-order valence-electron chi connectivity index (χ4n) is 5.26. The Morgan fingerprint density at radius 2 is 1.78 bits per heavy atom. The largest absolute Gasteiger partial charge is 0.343 e. The highest BCUT2D eigenvalue weighted by Crippen LogP contribution is 2.53. The number of aryl methyl sites for hydroxylation is 2. The third kappa shape index (κ3) is 3.51. The van der Waals surface area contributed by atoms with Crippen molar-refractivity contribution >= 4 is 11.8 Å². The van der Waals surface area contributed by atoms with E-state index in [2.05, 4.69) is 18.7 Å². The van der Waals surface area contributed by atoms with E-state index in [0.717, 1.165) is 51.0 Å². The van der Waals surface area contributed by atoms with Gasteiger partial charge in [-0.15, -0.1) is 0 Å². The molecule has 1 aromatic carbocycles. The van der Waals surface area contributed by atoms with Gasteiger partial charge in [-0.25, -0.2) is 0 Å². The van der Waals surface area contributed by atoms with Crippen molar-refractivity contribution in [3.8, 4) is 0 Å². The van der Waals surface area contributed by atoms with Crippen molar-refractivity contribution in [3.63, 3.8) is 0 Å². The molecule has 27 heavy (non-hydrogen) atoms. The van der Waals surface area contributed by atoms with Crippen LogP contribution >= 0.6 is 0 Å². The van der Waals surface area contributed by atoms with Gasteiger partial charge in [-0.05, 0) is 80.5 Å². The van der Waals surface area contributed by atoms with Crippen LogP contribution in [0.15, 0.2) is 18.2 Å². The summed E-state index contributed by atoms with van der Waals surface area (Å²) in [7, 11) is 0. The zero-order valence-corrected chi connectivity index (χ0v) is 16.8. The van der Waals surface area contributed by atoms with Crippen molar-refractivity contribution in [2.75, 3.05) is 26.2 Å². The smallest absolute Gasteiger partial charge is 0.253 e. The molecule has 1 saturated carbocycles. The molecule has 2 heterocycles. The summed E-state index contributed by atoms with van der Waals surface area (Å²) < 4.78 is 0. The van der Waals surface area contributed by atoms with Gasteiger partial charge in [0.15, 0.2) is 0 Å². The molecule has 0 N–H and O–H groups in total. The van der Waals surface area contributed by atoms with Crippen LogP contribution in [-0.4, -0.2) is 47.8 Å². The lowest BCUT2D eigenvalue weighted by Crippen LogP contribution is -2.39. The lowest BCUT2D eigenvalue weighted by atomic mass is 9.62. The first kappa shape index (κ1) is 18.5. The fraction of sp³-hybridized carbons (Fsp3) is 0.652. The Bertz CT molecular complexity index is 732. The number of carbonyl (C=O) groups excluding carboxylic acids is 2. The Hall–Kier alpha value is -1.84. The molecule has 2 saturated heterocycles. The number of carbonyl (C=O) groups is 2. The molecular formula is C23H32N2O2. The maximum absolute atomic E-state index is 13.1. The van der Waals surface area contributed by atoms with Gasteiger partial charge >= 0.3 is 0 Å². The summed E-state index contributed by atoms with van der Waals surface area (Å²) in [4.78, 5) is 29.6.